The summed E-state index contributed by atoms with van der Waals surface area (Å²) < 4.78 is 19.5. The summed E-state index contributed by atoms with van der Waals surface area (Å²) in [5.74, 6) is 5.05. The highest BCUT2D eigenvalue weighted by Crippen LogP contribution is 2.27. The van der Waals surface area contributed by atoms with Gasteiger partial charge in [-0.1, -0.05) is 0 Å². The number of cyclic esters (lactones) is 1. The van der Waals surface area contributed by atoms with Crippen molar-refractivity contribution in [1.82, 2.24) is 5.32 Å². The van der Waals surface area contributed by atoms with Gasteiger partial charge in [0, 0.05) is 12.7 Å². The lowest BCUT2D eigenvalue weighted by Crippen LogP contribution is -2.29. The summed E-state index contributed by atoms with van der Waals surface area (Å²) in [4.78, 5) is 23.1. The molecule has 11 heteroatoms. The molecule has 1 amide bonds. The van der Waals surface area contributed by atoms with Crippen molar-refractivity contribution in [2.45, 2.75) is 6.10 Å². The van der Waals surface area contributed by atoms with Gasteiger partial charge in [-0.25, -0.2) is 15.0 Å². The first kappa shape index (κ1) is 18.3. The largest absolute Gasteiger partial charge is 0.443 e. The number of carbonyl (C=O) groups excluding carboxylic acids is 1. The van der Waals surface area contributed by atoms with E-state index in [0.29, 0.717) is 18.8 Å². The molecule has 1 aliphatic heterocycles. The number of likely N-dealkylation sites (N-methyl/N-ethyl adjacent to an activating group) is 1. The Balaban J connectivity index is 2.16. The van der Waals surface area contributed by atoms with Gasteiger partial charge in [0.15, 0.2) is 0 Å². The highest BCUT2D eigenvalue weighted by molar-refractivity contribution is 5.90. The Morgan fingerprint density at radius 2 is 2.36 bits per heavy atom. The number of halogens is 1. The molecule has 0 bridgehead atoms. The third-order valence-corrected chi connectivity index (χ3v) is 3.37. The Bertz CT molecular complexity index is 710. The van der Waals surface area contributed by atoms with E-state index in [0.717, 1.165) is 11.2 Å². The molecule has 0 aromatic heterocycles. The quantitative estimate of drug-likeness (QED) is 0.283. The number of nitroso groups, excluding NO2 is 1. The number of allylic oxidation sites excluding steroid dienone is 1. The minimum Gasteiger partial charge on any atom is -0.443 e. The van der Waals surface area contributed by atoms with Crippen LogP contribution in [0.25, 0.3) is 0 Å². The lowest BCUT2D eigenvalue weighted by atomic mass is 10.2. The summed E-state index contributed by atoms with van der Waals surface area (Å²) in [6.45, 7) is 0.813. The second kappa shape index (κ2) is 8.17. The van der Waals surface area contributed by atoms with E-state index in [4.69, 9.17) is 16.3 Å². The van der Waals surface area contributed by atoms with Crippen LogP contribution in [-0.2, 0) is 4.74 Å². The van der Waals surface area contributed by atoms with E-state index in [2.05, 4.69) is 15.7 Å². The van der Waals surface area contributed by atoms with Crippen LogP contribution in [0, 0.1) is 10.7 Å². The summed E-state index contributed by atoms with van der Waals surface area (Å²) in [6, 6.07) is 4.10. The molecule has 1 atom stereocenters. The van der Waals surface area contributed by atoms with Crippen LogP contribution in [0.1, 0.15) is 0 Å². The predicted molar refractivity (Wildman–Crippen MR) is 91.2 cm³/mol. The molecule has 5 N–H and O–H groups in total. The van der Waals surface area contributed by atoms with Crippen LogP contribution in [0.2, 0.25) is 0 Å². The zero-order valence-electron chi connectivity index (χ0n) is 13.4. The zero-order chi connectivity index (χ0) is 18.4. The number of anilines is 2. The molecule has 1 unspecified atom stereocenters. The lowest BCUT2D eigenvalue weighted by molar-refractivity contribution is 0.141. The van der Waals surface area contributed by atoms with Crippen LogP contribution in [-0.4, -0.2) is 38.5 Å². The second-order valence-electron chi connectivity index (χ2n) is 5.17. The molecule has 10 nitrogen and oxygen atoms in total. The van der Waals surface area contributed by atoms with Crippen molar-refractivity contribution in [3.05, 3.63) is 40.8 Å². The minimum atomic E-state index is -0.667. The fraction of sp³-hybridized carbons (Fsp3) is 0.286. The SMILES string of the molecule is CNCC1CN(c2ccc(N(N)/C=C(N)/C=N/N=O)c(F)c2)C(=O)O1. The third-order valence-electron chi connectivity index (χ3n) is 3.37. The summed E-state index contributed by atoms with van der Waals surface area (Å²) in [5.41, 5.74) is 5.90. The van der Waals surface area contributed by atoms with Gasteiger partial charge in [-0.05, 0) is 25.2 Å². The van der Waals surface area contributed by atoms with Crippen molar-refractivity contribution in [2.75, 3.05) is 30.0 Å². The Morgan fingerprint density at radius 1 is 1.60 bits per heavy atom. The van der Waals surface area contributed by atoms with E-state index in [-0.39, 0.29) is 17.5 Å². The van der Waals surface area contributed by atoms with Gasteiger partial charge in [-0.15, -0.1) is 10.0 Å². The number of ether oxygens (including phenoxy) is 1. The number of nitrogens with zero attached hydrogens (tertiary/aromatic N) is 4. The van der Waals surface area contributed by atoms with Gasteiger partial charge in [0.1, 0.15) is 11.9 Å². The summed E-state index contributed by atoms with van der Waals surface area (Å²) in [7, 11) is 1.75. The smallest absolute Gasteiger partial charge is 0.414 e. The van der Waals surface area contributed by atoms with Crippen LogP contribution < -0.4 is 26.8 Å². The minimum absolute atomic E-state index is 0.00334. The first-order valence-corrected chi connectivity index (χ1v) is 7.25. The van der Waals surface area contributed by atoms with Gasteiger partial charge in [0.2, 0.25) is 0 Å². The summed E-state index contributed by atoms with van der Waals surface area (Å²) in [5, 5.41) is 9.16. The normalized spacial score (nSPS) is 17.9. The fourth-order valence-electron chi connectivity index (χ4n) is 2.29. The van der Waals surface area contributed by atoms with Crippen molar-refractivity contribution < 1.29 is 13.9 Å². The molecule has 134 valence electrons. The van der Waals surface area contributed by atoms with E-state index in [1.807, 2.05) is 0 Å². The van der Waals surface area contributed by atoms with E-state index in [9.17, 15) is 14.1 Å². The first-order chi connectivity index (χ1) is 12.0. The molecule has 1 fully saturated rings. The van der Waals surface area contributed by atoms with Crippen molar-refractivity contribution in [2.24, 2.45) is 22.0 Å². The number of nitrogens with one attached hydrogen (secondary N) is 1. The maximum Gasteiger partial charge on any atom is 0.414 e. The van der Waals surface area contributed by atoms with Crippen molar-refractivity contribution in [3.8, 4) is 0 Å². The number of amides is 1. The number of carbonyl (C=O) groups is 1. The van der Waals surface area contributed by atoms with Gasteiger partial charge < -0.3 is 15.8 Å². The maximum absolute atomic E-state index is 14.3. The van der Waals surface area contributed by atoms with Crippen LogP contribution >= 0.6 is 0 Å². The van der Waals surface area contributed by atoms with E-state index in [1.165, 1.54) is 29.3 Å². The van der Waals surface area contributed by atoms with E-state index < -0.39 is 11.9 Å². The van der Waals surface area contributed by atoms with Crippen LogP contribution in [0.15, 0.2) is 40.5 Å². The van der Waals surface area contributed by atoms with E-state index >= 15 is 0 Å². The molecule has 1 heterocycles. The molecule has 0 spiro atoms. The average Bonchev–Trinajstić information content (AvgIpc) is 2.93. The second-order valence-corrected chi connectivity index (χ2v) is 5.17. The Kier molecular flexibility index (Phi) is 5.98. The average molecular weight is 351 g/mol. The predicted octanol–water partition coefficient (Wildman–Crippen LogP) is 0.603. The maximum atomic E-state index is 14.3. The molecule has 1 aromatic rings. The number of hydrazine groups is 1. The van der Waals surface area contributed by atoms with Gasteiger partial charge in [-0.2, -0.15) is 0 Å². The molecule has 1 aromatic carbocycles. The summed E-state index contributed by atoms with van der Waals surface area (Å²) in [6.07, 6.45) is 1.29. The van der Waals surface area contributed by atoms with Crippen LogP contribution in [0.3, 0.4) is 0 Å². The third kappa shape index (κ3) is 4.49. The molecule has 1 aliphatic rings. The van der Waals surface area contributed by atoms with Crippen LogP contribution in [0.4, 0.5) is 20.6 Å². The van der Waals surface area contributed by atoms with Crippen molar-refractivity contribution in [3.63, 3.8) is 0 Å². The highest BCUT2D eigenvalue weighted by Gasteiger charge is 2.32. The van der Waals surface area contributed by atoms with Crippen molar-refractivity contribution >= 4 is 23.7 Å². The molecule has 1 saturated heterocycles. The molecule has 25 heavy (non-hydrogen) atoms. The standard InChI is InChI=1S/C14H18FN7O3/c1-18-6-11-8-21(14(23)25-11)10-2-3-13(12(15)4-10)22(17)7-9(16)5-19-20-24/h2-5,7,11,18H,6,8,16-17H2,1H3/b9-7-,19-5+. The molecular formula is C14H18FN7O3. The topological polar surface area (TPSA) is 139 Å². The summed E-state index contributed by atoms with van der Waals surface area (Å²) >= 11 is 0. The Hall–Kier alpha value is -3.05. The number of hydrogen-bond acceptors (Lipinski definition) is 8. The monoisotopic (exact) mass is 351 g/mol. The van der Waals surface area contributed by atoms with E-state index in [1.54, 1.807) is 7.05 Å². The number of hydrogen-bond donors (Lipinski definition) is 3. The van der Waals surface area contributed by atoms with Crippen molar-refractivity contribution in [1.29, 1.82) is 0 Å². The molecular weight excluding hydrogens is 333 g/mol. The molecule has 2 rings (SSSR count). The van der Waals surface area contributed by atoms with Gasteiger partial charge in [-0.3, -0.25) is 9.91 Å². The molecule has 0 radical (unpaired) electrons. The lowest BCUT2D eigenvalue weighted by Gasteiger charge is -2.18. The fourth-order valence-corrected chi connectivity index (χ4v) is 2.29. The molecule has 0 aliphatic carbocycles. The van der Waals surface area contributed by atoms with Gasteiger partial charge in [0.05, 0.1) is 35.1 Å². The first-order valence-electron chi connectivity index (χ1n) is 7.25. The number of benzene rings is 1. The van der Waals surface area contributed by atoms with Crippen LogP contribution in [0.5, 0.6) is 0 Å². The zero-order valence-corrected chi connectivity index (χ0v) is 13.4. The Labute approximate surface area is 142 Å². The van der Waals surface area contributed by atoms with Gasteiger partial charge in [0.25, 0.3) is 0 Å². The number of nitrogens with two attached hydrogens (primary N) is 2. The Morgan fingerprint density at radius 3 is 3.00 bits per heavy atom. The highest BCUT2D eigenvalue weighted by atomic mass is 19.1. The number of rotatable bonds is 7. The molecule has 0 saturated carbocycles. The van der Waals surface area contributed by atoms with Gasteiger partial charge >= 0.3 is 6.09 Å².